The summed E-state index contributed by atoms with van der Waals surface area (Å²) in [7, 11) is 0. The average Bonchev–Trinajstić information content (AvgIpc) is 2.60. The van der Waals surface area contributed by atoms with Crippen LogP contribution in [0.3, 0.4) is 0 Å². The Bertz CT molecular complexity index is 669. The monoisotopic (exact) mass is 334 g/mol. The van der Waals surface area contributed by atoms with Gasteiger partial charge in [-0.25, -0.2) is 0 Å². The van der Waals surface area contributed by atoms with Crippen LogP contribution in [0.25, 0.3) is 0 Å². The van der Waals surface area contributed by atoms with Crippen molar-refractivity contribution < 1.29 is 9.53 Å². The van der Waals surface area contributed by atoms with E-state index in [9.17, 15) is 14.4 Å². The molecular weight excluding hydrogens is 308 g/mol. The van der Waals surface area contributed by atoms with Gasteiger partial charge in [0.25, 0.3) is 10.9 Å². The summed E-state index contributed by atoms with van der Waals surface area (Å²) in [5.41, 5.74) is 0.353. The van der Waals surface area contributed by atoms with Gasteiger partial charge in [0, 0.05) is 26.2 Å². The quantitative estimate of drug-likeness (QED) is 0.611. The van der Waals surface area contributed by atoms with Crippen molar-refractivity contribution in [2.24, 2.45) is 11.8 Å². The van der Waals surface area contributed by atoms with Crippen molar-refractivity contribution in [2.45, 2.75) is 39.5 Å². The van der Waals surface area contributed by atoms with E-state index in [-0.39, 0.29) is 17.3 Å². The third-order valence-electron chi connectivity index (χ3n) is 5.32. The Morgan fingerprint density at radius 3 is 2.29 bits per heavy atom. The lowest BCUT2D eigenvalue weighted by atomic mass is 9.95. The molecule has 132 valence electrons. The lowest BCUT2D eigenvalue weighted by Crippen LogP contribution is -2.51. The maximum Gasteiger partial charge on any atom is 0.310 e. The molecule has 0 aliphatic carbocycles. The normalized spacial score (nSPS) is 22.8. The van der Waals surface area contributed by atoms with Crippen molar-refractivity contribution in [3.8, 4) is 0 Å². The molecule has 0 bridgehead atoms. The standard InChI is InChI=1S/C18H26N2O4/c1-3-24-18(23)13-5-4-8-20(11-13)15-14(16(21)17(15)22)19-9-6-12(2)7-10-19/h12-13H,3-11H2,1-2H3. The minimum Gasteiger partial charge on any atom is -0.466 e. The molecule has 2 aliphatic heterocycles. The molecule has 0 amide bonds. The Morgan fingerprint density at radius 1 is 1.04 bits per heavy atom. The summed E-state index contributed by atoms with van der Waals surface area (Å²) in [6.45, 7) is 7.23. The maximum atomic E-state index is 12.2. The van der Waals surface area contributed by atoms with Crippen molar-refractivity contribution in [2.75, 3.05) is 42.6 Å². The molecule has 2 heterocycles. The van der Waals surface area contributed by atoms with Gasteiger partial charge < -0.3 is 14.5 Å². The molecule has 6 nitrogen and oxygen atoms in total. The zero-order valence-corrected chi connectivity index (χ0v) is 14.5. The van der Waals surface area contributed by atoms with E-state index in [1.807, 2.05) is 4.90 Å². The minimum atomic E-state index is -0.395. The number of ether oxygens (including phenoxy) is 1. The second-order valence-electron chi connectivity index (χ2n) is 7.06. The molecule has 0 saturated carbocycles. The number of carbonyl (C=O) groups is 1. The number of anilines is 2. The lowest BCUT2D eigenvalue weighted by Gasteiger charge is -2.39. The van der Waals surface area contributed by atoms with Crippen LogP contribution in [0.15, 0.2) is 9.59 Å². The molecule has 1 aromatic carbocycles. The van der Waals surface area contributed by atoms with Gasteiger partial charge in [-0.3, -0.25) is 14.4 Å². The van der Waals surface area contributed by atoms with E-state index in [1.165, 1.54) is 0 Å². The first-order valence-electron chi connectivity index (χ1n) is 9.02. The number of nitrogens with zero attached hydrogens (tertiary/aromatic N) is 2. The Balaban J connectivity index is 1.77. The molecule has 3 rings (SSSR count). The van der Waals surface area contributed by atoms with Crippen molar-refractivity contribution in [3.63, 3.8) is 0 Å². The number of hydrogen-bond donors (Lipinski definition) is 0. The third-order valence-corrected chi connectivity index (χ3v) is 5.32. The van der Waals surface area contributed by atoms with E-state index < -0.39 is 5.43 Å². The maximum absolute atomic E-state index is 12.2. The zero-order chi connectivity index (χ0) is 17.3. The van der Waals surface area contributed by atoms with E-state index in [2.05, 4.69) is 11.8 Å². The van der Waals surface area contributed by atoms with Gasteiger partial charge in [-0.1, -0.05) is 6.92 Å². The van der Waals surface area contributed by atoms with Gasteiger partial charge in [0.2, 0.25) is 0 Å². The van der Waals surface area contributed by atoms with Crippen LogP contribution in [0.1, 0.15) is 39.5 Å². The fraction of sp³-hybridized carbons (Fsp3) is 0.722. The van der Waals surface area contributed by atoms with Crippen LogP contribution < -0.4 is 20.7 Å². The van der Waals surface area contributed by atoms with Crippen LogP contribution in [0.5, 0.6) is 0 Å². The lowest BCUT2D eigenvalue weighted by molar-refractivity contribution is -0.148. The van der Waals surface area contributed by atoms with E-state index in [0.29, 0.717) is 30.4 Å². The van der Waals surface area contributed by atoms with Crippen molar-refractivity contribution in [3.05, 3.63) is 20.4 Å². The summed E-state index contributed by atoms with van der Waals surface area (Å²) in [5, 5.41) is 0. The van der Waals surface area contributed by atoms with E-state index in [1.54, 1.807) is 6.92 Å². The highest BCUT2D eigenvalue weighted by atomic mass is 16.5. The number of esters is 1. The summed E-state index contributed by atoms with van der Waals surface area (Å²) < 4.78 is 5.12. The molecule has 0 aromatic heterocycles. The Hall–Kier alpha value is -1.85. The SMILES string of the molecule is CCOC(=O)C1CCCN(c2c(N3CCC(C)CC3)c(=O)c2=O)C1. The average molecular weight is 334 g/mol. The number of hydrogen-bond acceptors (Lipinski definition) is 6. The second kappa shape index (κ2) is 6.95. The molecule has 1 atom stereocenters. The van der Waals surface area contributed by atoms with Gasteiger partial charge in [-0.2, -0.15) is 0 Å². The van der Waals surface area contributed by atoms with Crippen molar-refractivity contribution in [1.29, 1.82) is 0 Å². The number of rotatable bonds is 4. The van der Waals surface area contributed by atoms with Crippen molar-refractivity contribution >= 4 is 17.3 Å². The van der Waals surface area contributed by atoms with Gasteiger partial charge in [-0.15, -0.1) is 0 Å². The Labute approximate surface area is 142 Å². The Kier molecular flexibility index (Phi) is 4.92. The molecule has 0 N–H and O–H groups in total. The molecule has 6 heteroatoms. The molecule has 0 spiro atoms. The molecule has 1 unspecified atom stereocenters. The summed E-state index contributed by atoms with van der Waals surface area (Å²) in [6, 6.07) is 0. The highest BCUT2D eigenvalue weighted by Crippen LogP contribution is 2.31. The highest BCUT2D eigenvalue weighted by molar-refractivity contribution is 5.78. The molecule has 24 heavy (non-hydrogen) atoms. The van der Waals surface area contributed by atoms with E-state index in [4.69, 9.17) is 4.74 Å². The summed E-state index contributed by atoms with van der Waals surface area (Å²) in [4.78, 5) is 40.3. The molecule has 2 fully saturated rings. The van der Waals surface area contributed by atoms with Gasteiger partial charge in [0.1, 0.15) is 11.4 Å². The third kappa shape index (κ3) is 3.06. The van der Waals surface area contributed by atoms with Crippen LogP contribution in [0, 0.1) is 11.8 Å². The molecule has 2 saturated heterocycles. The second-order valence-corrected chi connectivity index (χ2v) is 7.06. The number of piperidine rings is 2. The first-order chi connectivity index (χ1) is 11.5. The van der Waals surface area contributed by atoms with Gasteiger partial charge in [0.15, 0.2) is 0 Å². The Morgan fingerprint density at radius 2 is 1.67 bits per heavy atom. The number of carbonyl (C=O) groups excluding carboxylic acids is 1. The molecule has 0 radical (unpaired) electrons. The topological polar surface area (TPSA) is 66.9 Å². The fourth-order valence-electron chi connectivity index (χ4n) is 3.82. The molecule has 2 aliphatic rings. The summed E-state index contributed by atoms with van der Waals surface area (Å²) >= 11 is 0. The minimum absolute atomic E-state index is 0.200. The molecule has 1 aromatic rings. The van der Waals surface area contributed by atoms with Crippen LogP contribution in [-0.4, -0.2) is 38.8 Å². The van der Waals surface area contributed by atoms with E-state index >= 15 is 0 Å². The highest BCUT2D eigenvalue weighted by Gasteiger charge is 2.35. The summed E-state index contributed by atoms with van der Waals surface area (Å²) in [6.07, 6.45) is 3.70. The first-order valence-corrected chi connectivity index (χ1v) is 9.02. The van der Waals surface area contributed by atoms with Crippen LogP contribution in [-0.2, 0) is 9.53 Å². The zero-order valence-electron chi connectivity index (χ0n) is 14.5. The van der Waals surface area contributed by atoms with Gasteiger partial charge >= 0.3 is 5.97 Å². The van der Waals surface area contributed by atoms with Crippen LogP contribution in [0.2, 0.25) is 0 Å². The molecular formula is C18H26N2O4. The van der Waals surface area contributed by atoms with Crippen LogP contribution in [0.4, 0.5) is 11.4 Å². The van der Waals surface area contributed by atoms with Crippen LogP contribution >= 0.6 is 0 Å². The van der Waals surface area contributed by atoms with Crippen molar-refractivity contribution in [1.82, 2.24) is 0 Å². The predicted molar refractivity (Wildman–Crippen MR) is 93.5 cm³/mol. The fourth-order valence-corrected chi connectivity index (χ4v) is 3.82. The smallest absolute Gasteiger partial charge is 0.310 e. The van der Waals surface area contributed by atoms with Gasteiger partial charge in [-0.05, 0) is 38.5 Å². The largest absolute Gasteiger partial charge is 0.466 e. The summed E-state index contributed by atoms with van der Waals surface area (Å²) in [5.74, 6) is 0.255. The van der Waals surface area contributed by atoms with E-state index in [0.717, 1.165) is 45.3 Å². The predicted octanol–water partition coefficient (Wildman–Crippen LogP) is 1.30. The first kappa shape index (κ1) is 17.0. The van der Waals surface area contributed by atoms with Gasteiger partial charge in [0.05, 0.1) is 12.5 Å².